The van der Waals surface area contributed by atoms with Crippen LogP contribution in [0.4, 0.5) is 0 Å². The lowest BCUT2D eigenvalue weighted by Gasteiger charge is -2.28. The number of aromatic amines is 2. The number of nitrogens with one attached hydrogen (secondary N) is 16. The molecule has 5 aromatic carbocycles. The van der Waals surface area contributed by atoms with Crippen LogP contribution in [0.25, 0.3) is 21.8 Å². The first-order chi connectivity index (χ1) is 63.5. The molecule has 712 valence electrons. The second-order valence-corrected chi connectivity index (χ2v) is 32.0. The van der Waals surface area contributed by atoms with E-state index in [0.29, 0.717) is 70.6 Å². The summed E-state index contributed by atoms with van der Waals surface area (Å²) in [6, 6.07) is 11.4. The number of fused-ring (bicyclic) bond motifs is 2. The van der Waals surface area contributed by atoms with Gasteiger partial charge in [-0.3, -0.25) is 86.9 Å². The molecule has 45 nitrogen and oxygen atoms in total. The van der Waals surface area contributed by atoms with E-state index in [1.54, 1.807) is 85.1 Å². The molecule has 7 aromatic rings. The number of carbonyl (C=O) groups excluding carboxylic acids is 18. The molecule has 1 aliphatic heterocycles. The molecular weight excluding hydrogens is 1730 g/mol. The van der Waals surface area contributed by atoms with Crippen molar-refractivity contribution in [1.29, 1.82) is 5.41 Å². The molecule has 0 spiro atoms. The zero-order valence-corrected chi connectivity index (χ0v) is 72.6. The number of aromatic hydroxyl groups is 2. The number of phenols is 2. The van der Waals surface area contributed by atoms with E-state index in [2.05, 4.69) is 79.1 Å². The maximum atomic E-state index is 15.3. The third kappa shape index (κ3) is 32.6. The van der Waals surface area contributed by atoms with Gasteiger partial charge >= 0.3 is 0 Å². The van der Waals surface area contributed by atoms with Gasteiger partial charge in [-0.05, 0) is 122 Å². The smallest absolute Gasteiger partial charge is 0.245 e. The van der Waals surface area contributed by atoms with Crippen molar-refractivity contribution in [2.75, 3.05) is 32.8 Å². The van der Waals surface area contributed by atoms with Crippen LogP contribution < -0.4 is 109 Å². The molecular formula is C88H114N24O21. The Balaban J connectivity index is 1.03. The molecule has 2 aromatic heterocycles. The maximum Gasteiger partial charge on any atom is 0.245 e. The van der Waals surface area contributed by atoms with Gasteiger partial charge in [-0.25, -0.2) is 0 Å². The number of aliphatic hydroxyl groups is 1. The van der Waals surface area contributed by atoms with Gasteiger partial charge in [0.05, 0.1) is 44.5 Å². The van der Waals surface area contributed by atoms with E-state index >= 15 is 9.59 Å². The number of hydrogen-bond donors (Lipinski definition) is 26. The minimum absolute atomic E-state index is 0.0212. The molecule has 13 atom stereocenters. The predicted octanol–water partition coefficient (Wildman–Crippen LogP) is -6.18. The van der Waals surface area contributed by atoms with Gasteiger partial charge < -0.3 is 144 Å². The SMILES string of the molecule is N=C(N)NCCC[C@H](NC(=O)[C@H](CCC(N)=O)NC(=O)[C@H](CC(N)=O)NC(=O)[C@H](Cc1ccc(O)cc1)NC(=O)[C@H](Cc1c[nH]c2ccccc12)NC(=O)[C@H](CO)NC(=O)[C@H](Cc1ccc(O)cc1)NC(=O)CNC(=O)[C@H](Cc1c[nH]c2ccccc12)NC(=O)[C@H](CC(N)=O)NC(=O)[C@@H]1CCCN1C(=O)[C@@H](N)CC(N)=O)C(=O)N[C@@H](Cc1ccccc1)C(=O)N[C@H](C=O)CCCCN. The van der Waals surface area contributed by atoms with Crippen LogP contribution in [0, 0.1) is 5.41 Å². The first kappa shape index (κ1) is 103. The summed E-state index contributed by atoms with van der Waals surface area (Å²) in [4.78, 5) is 258. The Hall–Kier alpha value is -15.4. The number of nitrogens with zero attached hydrogens (tertiary/aromatic N) is 1. The zero-order chi connectivity index (χ0) is 97.0. The molecule has 1 saturated heterocycles. The van der Waals surface area contributed by atoms with E-state index in [-0.39, 0.29) is 74.2 Å². The highest BCUT2D eigenvalue weighted by atomic mass is 16.3. The van der Waals surface area contributed by atoms with Crippen LogP contribution in [0.5, 0.6) is 11.5 Å². The average Bonchev–Trinajstić information content (AvgIpc) is 1.68. The quantitative estimate of drug-likeness (QED) is 0.00730. The largest absolute Gasteiger partial charge is 0.508 e. The molecule has 133 heavy (non-hydrogen) atoms. The summed E-state index contributed by atoms with van der Waals surface area (Å²) in [6.45, 7) is -1.81. The number of primary amides is 4. The number of likely N-dealkylation sites (tertiary alicyclic amines) is 1. The number of H-pyrrole nitrogens is 2. The Bertz CT molecular complexity index is 5310. The molecule has 33 N–H and O–H groups in total. The van der Waals surface area contributed by atoms with Crippen LogP contribution in [0.15, 0.2) is 140 Å². The molecule has 0 saturated carbocycles. The van der Waals surface area contributed by atoms with Gasteiger partial charge in [0.25, 0.3) is 0 Å². The fourth-order valence-electron chi connectivity index (χ4n) is 14.8. The van der Waals surface area contributed by atoms with Gasteiger partial charge in [0.15, 0.2) is 5.96 Å². The van der Waals surface area contributed by atoms with E-state index < -0.39 is 249 Å². The van der Waals surface area contributed by atoms with Gasteiger partial charge in [0, 0.05) is 85.8 Å². The number of carbonyl (C=O) groups is 18. The number of unbranched alkanes of at least 4 members (excludes halogenated alkanes) is 1. The highest BCUT2D eigenvalue weighted by Gasteiger charge is 2.41. The number of benzene rings is 5. The number of nitrogens with two attached hydrogens (primary N) is 7. The number of amides is 17. The van der Waals surface area contributed by atoms with E-state index in [4.69, 9.17) is 45.5 Å². The minimum Gasteiger partial charge on any atom is -0.508 e. The van der Waals surface area contributed by atoms with Gasteiger partial charge in [0.2, 0.25) is 100 Å². The van der Waals surface area contributed by atoms with Crippen molar-refractivity contribution in [3.63, 3.8) is 0 Å². The average molecular weight is 1840 g/mol. The van der Waals surface area contributed by atoms with Crippen molar-refractivity contribution in [1.82, 2.24) is 84.0 Å². The summed E-state index contributed by atoms with van der Waals surface area (Å²) in [5.74, 6) is -18.9. The van der Waals surface area contributed by atoms with Crippen molar-refractivity contribution >= 4 is 134 Å². The van der Waals surface area contributed by atoms with Crippen molar-refractivity contribution in [3.05, 3.63) is 168 Å². The number of phenolic OH excluding ortho intramolecular Hbond substituents is 2. The topological polar surface area (TPSA) is 765 Å². The van der Waals surface area contributed by atoms with Gasteiger partial charge in [0.1, 0.15) is 84.2 Å². The van der Waals surface area contributed by atoms with Crippen molar-refractivity contribution in [3.8, 4) is 11.5 Å². The third-order valence-electron chi connectivity index (χ3n) is 21.7. The standard InChI is InChI=1S/C88H114N24O21/c89-31-9-8-14-52(45-113)101-79(125)63(34-47-12-2-1-3-13-47)105-77(123)60(19-10-32-97-88(95)96)103-78(124)61(29-30-71(91)117)104-83(129)67(40-73(93)119)109-81(127)64(36-49-23-27-54(116)28-24-49)106-82(128)66(38-51-43-99-59-18-7-5-16-56(51)59)108-85(131)69(46-114)111-80(126)62(35-48-21-25-53(115)26-22-48)102-75(121)44-100-76(122)65(37-50-42-98-58-17-6-4-15-55(50)58)107-84(130)68(41-74(94)120)110-86(132)70-20-11-33-112(70)87(133)57(90)39-72(92)118/h1-7,12-13,15-18,21-28,42-43,45,52,57,60-70,98-99,114-116H,8-11,14,19-20,29-41,44,46,89-90H2,(H2,91,117)(H2,92,118)(H2,93,119)(H2,94,120)(H,100,122)(H,101,125)(H,102,121)(H,103,124)(H,104,129)(H,105,123)(H,106,128)(H,107,130)(H,108,131)(H,109,127)(H,110,132)(H,111,126)(H4,95,96,97)/t52-,57-,60-,61-,62-,63-,64-,65-,66-,67-,68-,69-,70-/m0/s1. The maximum absolute atomic E-state index is 15.3. The first-order valence-electron chi connectivity index (χ1n) is 42.8. The van der Waals surface area contributed by atoms with E-state index in [9.17, 15) is 92.0 Å². The van der Waals surface area contributed by atoms with Crippen molar-refractivity contribution in [2.45, 2.75) is 188 Å². The fourth-order valence-corrected chi connectivity index (χ4v) is 14.8. The van der Waals surface area contributed by atoms with Crippen LogP contribution in [0.2, 0.25) is 0 Å². The number of hydrogen-bond acceptors (Lipinski definition) is 24. The number of para-hydroxylation sites is 2. The molecule has 0 unspecified atom stereocenters. The van der Waals surface area contributed by atoms with Gasteiger partial charge in [-0.1, -0.05) is 91.0 Å². The van der Waals surface area contributed by atoms with Crippen LogP contribution >= 0.6 is 0 Å². The molecule has 0 aliphatic carbocycles. The molecule has 0 bridgehead atoms. The second-order valence-electron chi connectivity index (χ2n) is 32.0. The molecule has 8 rings (SSSR count). The molecule has 3 heterocycles. The van der Waals surface area contributed by atoms with E-state index in [1.807, 2.05) is 0 Å². The number of aromatic nitrogens is 2. The predicted molar refractivity (Wildman–Crippen MR) is 480 cm³/mol. The highest BCUT2D eigenvalue weighted by molar-refractivity contribution is 6.02. The highest BCUT2D eigenvalue weighted by Crippen LogP contribution is 2.24. The fraction of sp³-hybridized carbons (Fsp3) is 0.398. The minimum atomic E-state index is -2.04. The Labute approximate surface area is 761 Å². The molecule has 1 aliphatic rings. The molecule has 1 fully saturated rings. The summed E-state index contributed by atoms with van der Waals surface area (Å²) < 4.78 is 0. The Morgan fingerprint density at radius 2 is 0.850 bits per heavy atom. The third-order valence-corrected chi connectivity index (χ3v) is 21.7. The van der Waals surface area contributed by atoms with Crippen molar-refractivity contribution < 1.29 is 102 Å². The van der Waals surface area contributed by atoms with Crippen molar-refractivity contribution in [2.24, 2.45) is 40.1 Å². The lowest BCUT2D eigenvalue weighted by molar-refractivity contribution is -0.141. The Kier molecular flexibility index (Phi) is 39.6. The summed E-state index contributed by atoms with van der Waals surface area (Å²) >= 11 is 0. The van der Waals surface area contributed by atoms with Gasteiger partial charge in [-0.15, -0.1) is 0 Å². The number of guanidine groups is 1. The molecule has 17 amide bonds. The number of rotatable bonds is 54. The number of aldehydes is 1. The monoisotopic (exact) mass is 1840 g/mol. The van der Waals surface area contributed by atoms with Gasteiger partial charge in [-0.2, -0.15) is 0 Å². The second kappa shape index (κ2) is 51.1. The van der Waals surface area contributed by atoms with Crippen LogP contribution in [-0.4, -0.2) is 254 Å². The summed E-state index contributed by atoms with van der Waals surface area (Å²) in [7, 11) is 0. The normalized spacial score (nSPS) is 14.9. The van der Waals surface area contributed by atoms with E-state index in [0.717, 1.165) is 4.90 Å². The zero-order valence-electron chi connectivity index (χ0n) is 72.6. The summed E-state index contributed by atoms with van der Waals surface area (Å²) in [6.07, 6.45) is -0.310. The molecule has 0 radical (unpaired) electrons. The van der Waals surface area contributed by atoms with Crippen LogP contribution in [0.1, 0.15) is 105 Å². The van der Waals surface area contributed by atoms with Crippen LogP contribution in [0.3, 0.4) is 0 Å². The van der Waals surface area contributed by atoms with Crippen LogP contribution in [-0.2, 0) is 118 Å². The summed E-state index contributed by atoms with van der Waals surface area (Å²) in [5.41, 5.74) is 42.3. The molecule has 45 heteroatoms. The summed E-state index contributed by atoms with van der Waals surface area (Å²) in [5, 5.41) is 73.0. The van der Waals surface area contributed by atoms with E-state index in [1.165, 1.54) is 54.7 Å². The Morgan fingerprint density at radius 3 is 1.33 bits per heavy atom. The number of aliphatic hydroxyl groups excluding tert-OH is 1. The Morgan fingerprint density at radius 1 is 0.436 bits per heavy atom. The lowest BCUT2D eigenvalue weighted by Crippen LogP contribution is -2.61. The first-order valence-corrected chi connectivity index (χ1v) is 42.8. The lowest BCUT2D eigenvalue weighted by atomic mass is 10.0.